The Morgan fingerprint density at radius 1 is 1.46 bits per heavy atom. The smallest absolute Gasteiger partial charge is 0.237 e. The molecule has 0 bridgehead atoms. The Kier molecular flexibility index (Phi) is 3.31. The summed E-state index contributed by atoms with van der Waals surface area (Å²) in [5, 5.41) is 2.87. The quantitative estimate of drug-likeness (QED) is 0.685. The minimum Gasteiger partial charge on any atom is -0.354 e. The SMILES string of the molecule is CCCC1(CCC)CNC(=O)[C@H]1N. The molecule has 1 saturated heterocycles. The summed E-state index contributed by atoms with van der Waals surface area (Å²) in [6, 6.07) is -0.285. The summed E-state index contributed by atoms with van der Waals surface area (Å²) in [7, 11) is 0. The maximum atomic E-state index is 11.3. The van der Waals surface area contributed by atoms with Crippen LogP contribution in [0.1, 0.15) is 39.5 Å². The van der Waals surface area contributed by atoms with Crippen molar-refractivity contribution in [3.63, 3.8) is 0 Å². The highest BCUT2D eigenvalue weighted by Gasteiger charge is 2.44. The van der Waals surface area contributed by atoms with E-state index in [2.05, 4.69) is 19.2 Å². The maximum absolute atomic E-state index is 11.3. The van der Waals surface area contributed by atoms with Crippen molar-refractivity contribution in [1.29, 1.82) is 0 Å². The van der Waals surface area contributed by atoms with E-state index in [9.17, 15) is 4.79 Å². The van der Waals surface area contributed by atoms with Gasteiger partial charge >= 0.3 is 0 Å². The normalized spacial score (nSPS) is 26.1. The average molecular weight is 184 g/mol. The van der Waals surface area contributed by atoms with Gasteiger partial charge < -0.3 is 11.1 Å². The van der Waals surface area contributed by atoms with Crippen LogP contribution in [0.15, 0.2) is 0 Å². The molecule has 0 aliphatic carbocycles. The number of rotatable bonds is 4. The van der Waals surface area contributed by atoms with Crippen molar-refractivity contribution >= 4 is 5.91 Å². The molecule has 13 heavy (non-hydrogen) atoms. The van der Waals surface area contributed by atoms with Crippen LogP contribution in [0.2, 0.25) is 0 Å². The molecule has 0 aromatic rings. The molecular weight excluding hydrogens is 164 g/mol. The predicted molar refractivity (Wildman–Crippen MR) is 53.2 cm³/mol. The molecule has 0 aromatic heterocycles. The Labute approximate surface area is 80.1 Å². The number of amides is 1. The highest BCUT2D eigenvalue weighted by Crippen LogP contribution is 2.35. The van der Waals surface area contributed by atoms with Crippen LogP contribution in [-0.4, -0.2) is 18.5 Å². The minimum atomic E-state index is -0.285. The molecule has 1 aliphatic heterocycles. The first-order chi connectivity index (χ1) is 6.16. The predicted octanol–water partition coefficient (Wildman–Crippen LogP) is 1.03. The summed E-state index contributed by atoms with van der Waals surface area (Å²) in [4.78, 5) is 11.3. The van der Waals surface area contributed by atoms with E-state index in [0.29, 0.717) is 0 Å². The van der Waals surface area contributed by atoms with Crippen LogP contribution in [0.5, 0.6) is 0 Å². The van der Waals surface area contributed by atoms with Crippen LogP contribution in [0.4, 0.5) is 0 Å². The van der Waals surface area contributed by atoms with Gasteiger partial charge in [0.15, 0.2) is 0 Å². The Bertz CT molecular complexity index is 185. The third kappa shape index (κ3) is 1.85. The van der Waals surface area contributed by atoms with Crippen molar-refractivity contribution in [3.8, 4) is 0 Å². The van der Waals surface area contributed by atoms with E-state index < -0.39 is 0 Å². The monoisotopic (exact) mass is 184 g/mol. The molecule has 1 amide bonds. The molecule has 1 aliphatic rings. The second-order valence-corrected chi connectivity index (χ2v) is 4.06. The lowest BCUT2D eigenvalue weighted by atomic mass is 9.75. The van der Waals surface area contributed by atoms with Gasteiger partial charge in [0.2, 0.25) is 5.91 Å². The first-order valence-electron chi connectivity index (χ1n) is 5.19. The first kappa shape index (κ1) is 10.5. The van der Waals surface area contributed by atoms with Gasteiger partial charge in [-0.25, -0.2) is 0 Å². The summed E-state index contributed by atoms with van der Waals surface area (Å²) in [5.74, 6) is 0.0295. The number of hydrogen-bond acceptors (Lipinski definition) is 2. The first-order valence-corrected chi connectivity index (χ1v) is 5.19. The second-order valence-electron chi connectivity index (χ2n) is 4.06. The summed E-state index contributed by atoms with van der Waals surface area (Å²) in [6.07, 6.45) is 4.31. The average Bonchev–Trinajstić information content (AvgIpc) is 2.36. The zero-order valence-electron chi connectivity index (χ0n) is 8.60. The molecule has 0 aromatic carbocycles. The molecule has 0 unspecified atom stereocenters. The topological polar surface area (TPSA) is 55.1 Å². The minimum absolute atomic E-state index is 0.0295. The van der Waals surface area contributed by atoms with E-state index >= 15 is 0 Å². The molecule has 1 atom stereocenters. The highest BCUT2D eigenvalue weighted by atomic mass is 16.2. The van der Waals surface area contributed by atoms with E-state index in [0.717, 1.165) is 32.2 Å². The van der Waals surface area contributed by atoms with Gasteiger partial charge in [0.05, 0.1) is 6.04 Å². The standard InChI is InChI=1S/C10H20N2O/c1-3-5-10(6-4-2)7-12-9(13)8(10)11/h8H,3-7,11H2,1-2H3,(H,12,13)/t8-/m1/s1. The van der Waals surface area contributed by atoms with Gasteiger partial charge in [0, 0.05) is 12.0 Å². The van der Waals surface area contributed by atoms with Gasteiger partial charge in [0.25, 0.3) is 0 Å². The number of carbonyl (C=O) groups is 1. The lowest BCUT2D eigenvalue weighted by molar-refractivity contribution is -0.121. The van der Waals surface area contributed by atoms with Gasteiger partial charge in [-0.1, -0.05) is 26.7 Å². The van der Waals surface area contributed by atoms with Crippen LogP contribution < -0.4 is 11.1 Å². The third-order valence-corrected chi connectivity index (χ3v) is 3.05. The fourth-order valence-electron chi connectivity index (χ4n) is 2.37. The molecule has 1 heterocycles. The molecule has 76 valence electrons. The number of nitrogens with two attached hydrogens (primary N) is 1. The summed E-state index contributed by atoms with van der Waals surface area (Å²) < 4.78 is 0. The van der Waals surface area contributed by atoms with Crippen LogP contribution in [-0.2, 0) is 4.79 Å². The van der Waals surface area contributed by atoms with Gasteiger partial charge in [-0.2, -0.15) is 0 Å². The fraction of sp³-hybridized carbons (Fsp3) is 0.900. The maximum Gasteiger partial charge on any atom is 0.237 e. The van der Waals surface area contributed by atoms with Crippen LogP contribution in [0.3, 0.4) is 0 Å². The zero-order valence-corrected chi connectivity index (χ0v) is 8.60. The van der Waals surface area contributed by atoms with Crippen LogP contribution >= 0.6 is 0 Å². The summed E-state index contributed by atoms with van der Waals surface area (Å²) in [5.41, 5.74) is 5.96. The fourth-order valence-corrected chi connectivity index (χ4v) is 2.37. The summed E-state index contributed by atoms with van der Waals surface area (Å²) >= 11 is 0. The molecule has 3 heteroatoms. The van der Waals surface area contributed by atoms with Gasteiger partial charge in [0.1, 0.15) is 0 Å². The van der Waals surface area contributed by atoms with Gasteiger partial charge in [-0.3, -0.25) is 4.79 Å². The van der Waals surface area contributed by atoms with E-state index in [1.54, 1.807) is 0 Å². The Morgan fingerprint density at radius 3 is 2.31 bits per heavy atom. The van der Waals surface area contributed by atoms with Crippen molar-refractivity contribution in [1.82, 2.24) is 5.32 Å². The molecule has 1 fully saturated rings. The molecule has 0 spiro atoms. The van der Waals surface area contributed by atoms with Crippen molar-refractivity contribution in [2.24, 2.45) is 11.1 Å². The van der Waals surface area contributed by atoms with Crippen molar-refractivity contribution in [3.05, 3.63) is 0 Å². The third-order valence-electron chi connectivity index (χ3n) is 3.05. The van der Waals surface area contributed by atoms with E-state index in [4.69, 9.17) is 5.73 Å². The zero-order chi connectivity index (χ0) is 9.90. The van der Waals surface area contributed by atoms with Gasteiger partial charge in [-0.05, 0) is 12.8 Å². The van der Waals surface area contributed by atoms with Crippen LogP contribution in [0, 0.1) is 5.41 Å². The number of nitrogens with one attached hydrogen (secondary N) is 1. The van der Waals surface area contributed by atoms with Crippen molar-refractivity contribution < 1.29 is 4.79 Å². The summed E-state index contributed by atoms with van der Waals surface area (Å²) in [6.45, 7) is 5.06. The van der Waals surface area contributed by atoms with E-state index in [1.807, 2.05) is 0 Å². The molecule has 0 saturated carbocycles. The number of carbonyl (C=O) groups excluding carboxylic acids is 1. The molecule has 1 rings (SSSR count). The largest absolute Gasteiger partial charge is 0.354 e. The molecule has 3 nitrogen and oxygen atoms in total. The van der Waals surface area contributed by atoms with E-state index in [1.165, 1.54) is 0 Å². The number of hydrogen-bond donors (Lipinski definition) is 2. The lowest BCUT2D eigenvalue weighted by Gasteiger charge is -2.30. The molecule has 0 radical (unpaired) electrons. The van der Waals surface area contributed by atoms with Crippen molar-refractivity contribution in [2.45, 2.75) is 45.6 Å². The van der Waals surface area contributed by atoms with Gasteiger partial charge in [-0.15, -0.1) is 0 Å². The highest BCUT2D eigenvalue weighted by molar-refractivity contribution is 5.85. The Morgan fingerprint density at radius 2 is 2.00 bits per heavy atom. The molecular formula is C10H20N2O. The Balaban J connectivity index is 2.72. The van der Waals surface area contributed by atoms with Crippen molar-refractivity contribution in [2.75, 3.05) is 6.54 Å². The second kappa shape index (κ2) is 4.09. The van der Waals surface area contributed by atoms with Crippen LogP contribution in [0.25, 0.3) is 0 Å². The lowest BCUT2D eigenvalue weighted by Crippen LogP contribution is -2.42. The molecule has 3 N–H and O–H groups in total. The van der Waals surface area contributed by atoms with E-state index in [-0.39, 0.29) is 17.4 Å². The Hall–Kier alpha value is -0.570.